The zero-order valence-corrected chi connectivity index (χ0v) is 13.6. The number of benzene rings is 1. The second-order valence-electron chi connectivity index (χ2n) is 5.71. The minimum atomic E-state index is -1.01. The molecule has 0 amide bonds. The molecule has 0 N–H and O–H groups in total. The lowest BCUT2D eigenvalue weighted by Gasteiger charge is -2.20. The predicted octanol–water partition coefficient (Wildman–Crippen LogP) is 2.47. The number of aromatic nitrogens is 2. The van der Waals surface area contributed by atoms with Gasteiger partial charge >= 0.3 is 0 Å². The van der Waals surface area contributed by atoms with Crippen molar-refractivity contribution in [2.24, 2.45) is 5.92 Å². The summed E-state index contributed by atoms with van der Waals surface area (Å²) in [6.07, 6.45) is 2.40. The average molecular weight is 338 g/mol. The summed E-state index contributed by atoms with van der Waals surface area (Å²) in [6.45, 7) is 1.51. The van der Waals surface area contributed by atoms with Gasteiger partial charge in [0.25, 0.3) is 0 Å². The molecule has 0 saturated carbocycles. The van der Waals surface area contributed by atoms with E-state index in [0.717, 1.165) is 31.6 Å². The van der Waals surface area contributed by atoms with Gasteiger partial charge in [0.1, 0.15) is 11.6 Å². The van der Waals surface area contributed by atoms with Gasteiger partial charge in [0, 0.05) is 36.2 Å². The number of nitrogens with zero attached hydrogens (tertiary/aromatic N) is 2. The summed E-state index contributed by atoms with van der Waals surface area (Å²) in [5, 5.41) is 3.90. The highest BCUT2D eigenvalue weighted by atomic mass is 32.2. The van der Waals surface area contributed by atoms with Crippen molar-refractivity contribution in [2.75, 3.05) is 19.0 Å². The van der Waals surface area contributed by atoms with E-state index in [9.17, 15) is 8.60 Å². The molecule has 1 fully saturated rings. The van der Waals surface area contributed by atoms with Gasteiger partial charge in [-0.15, -0.1) is 0 Å². The molecule has 0 unspecified atom stereocenters. The van der Waals surface area contributed by atoms with Crippen molar-refractivity contribution < 1.29 is 17.9 Å². The Hall–Kier alpha value is -1.60. The second-order valence-corrected chi connectivity index (χ2v) is 7.22. The number of hydrogen-bond acceptors (Lipinski definition) is 5. The van der Waals surface area contributed by atoms with E-state index in [1.54, 1.807) is 12.1 Å². The maximum atomic E-state index is 12.9. The minimum absolute atomic E-state index is 0.272. The third-order valence-corrected chi connectivity index (χ3v) is 5.24. The maximum Gasteiger partial charge on any atom is 0.239 e. The van der Waals surface area contributed by atoms with E-state index in [0.29, 0.717) is 29.8 Å². The maximum absolute atomic E-state index is 12.9. The molecule has 23 heavy (non-hydrogen) atoms. The average Bonchev–Trinajstić information content (AvgIpc) is 2.97. The molecule has 124 valence electrons. The molecule has 5 nitrogen and oxygen atoms in total. The highest BCUT2D eigenvalue weighted by Crippen LogP contribution is 2.17. The van der Waals surface area contributed by atoms with Gasteiger partial charge in [-0.2, -0.15) is 4.98 Å². The standard InChI is InChI=1S/C16H19FN2O3S/c17-14-3-1-12(2-4-14)9-15-18-16(22-19-15)11-23(20)10-13-5-7-21-8-6-13/h1-4,13H,5-11H2/t23-/m1/s1. The molecule has 7 heteroatoms. The van der Waals surface area contributed by atoms with Crippen LogP contribution in [0.2, 0.25) is 0 Å². The zero-order chi connectivity index (χ0) is 16.1. The Morgan fingerprint density at radius 1 is 1.22 bits per heavy atom. The van der Waals surface area contributed by atoms with Crippen molar-refractivity contribution in [3.05, 3.63) is 47.4 Å². The first-order chi connectivity index (χ1) is 11.2. The van der Waals surface area contributed by atoms with Crippen LogP contribution in [0.4, 0.5) is 4.39 Å². The second kappa shape index (κ2) is 7.79. The van der Waals surface area contributed by atoms with Crippen LogP contribution in [-0.4, -0.2) is 33.3 Å². The Labute approximate surface area is 136 Å². The predicted molar refractivity (Wildman–Crippen MR) is 83.8 cm³/mol. The fourth-order valence-corrected chi connectivity index (χ4v) is 3.95. The molecule has 2 aromatic rings. The van der Waals surface area contributed by atoms with E-state index in [2.05, 4.69) is 10.1 Å². The van der Waals surface area contributed by atoms with E-state index >= 15 is 0 Å². The van der Waals surface area contributed by atoms with E-state index < -0.39 is 10.8 Å². The van der Waals surface area contributed by atoms with Gasteiger partial charge < -0.3 is 9.26 Å². The molecule has 1 aromatic carbocycles. The molecule has 1 aromatic heterocycles. The quantitative estimate of drug-likeness (QED) is 0.809. The number of halogens is 1. The monoisotopic (exact) mass is 338 g/mol. The Morgan fingerprint density at radius 2 is 1.96 bits per heavy atom. The van der Waals surface area contributed by atoms with Gasteiger partial charge in [-0.3, -0.25) is 4.21 Å². The Bertz CT molecular complexity index is 654. The van der Waals surface area contributed by atoms with Crippen molar-refractivity contribution in [3.8, 4) is 0 Å². The molecular weight excluding hydrogens is 319 g/mol. The molecule has 1 atom stereocenters. The van der Waals surface area contributed by atoms with Crippen LogP contribution in [0.25, 0.3) is 0 Å². The summed E-state index contributed by atoms with van der Waals surface area (Å²) in [5.41, 5.74) is 0.905. The lowest BCUT2D eigenvalue weighted by Crippen LogP contribution is -2.21. The number of ether oxygens (including phenoxy) is 1. The van der Waals surface area contributed by atoms with Crippen LogP contribution in [0.15, 0.2) is 28.8 Å². The first kappa shape index (κ1) is 16.3. The summed E-state index contributed by atoms with van der Waals surface area (Å²) in [5.74, 6) is 2.03. The van der Waals surface area contributed by atoms with Crippen molar-refractivity contribution in [1.29, 1.82) is 0 Å². The topological polar surface area (TPSA) is 65.2 Å². The summed E-state index contributed by atoms with van der Waals surface area (Å²) in [7, 11) is -1.01. The van der Waals surface area contributed by atoms with Crippen molar-refractivity contribution in [2.45, 2.75) is 25.0 Å². The smallest absolute Gasteiger partial charge is 0.239 e. The molecule has 0 radical (unpaired) electrons. The molecule has 3 rings (SSSR count). The highest BCUT2D eigenvalue weighted by molar-refractivity contribution is 7.84. The van der Waals surface area contributed by atoms with Crippen LogP contribution in [0.1, 0.15) is 30.1 Å². The van der Waals surface area contributed by atoms with Gasteiger partial charge in [0.2, 0.25) is 5.89 Å². The normalized spacial score (nSPS) is 17.3. The summed E-state index contributed by atoms with van der Waals surface area (Å²) < 4.78 is 35.5. The SMILES string of the molecule is O=[S@@](Cc1nc(Cc2ccc(F)cc2)no1)CC1CCOCC1. The number of rotatable bonds is 6. The van der Waals surface area contributed by atoms with E-state index in [1.807, 2.05) is 0 Å². The van der Waals surface area contributed by atoms with Gasteiger partial charge in [-0.25, -0.2) is 4.39 Å². The van der Waals surface area contributed by atoms with Crippen LogP contribution >= 0.6 is 0 Å². The summed E-state index contributed by atoms with van der Waals surface area (Å²) in [4.78, 5) is 4.27. The first-order valence-electron chi connectivity index (χ1n) is 7.67. The van der Waals surface area contributed by atoms with Crippen LogP contribution in [0.3, 0.4) is 0 Å². The van der Waals surface area contributed by atoms with Crippen LogP contribution in [0, 0.1) is 11.7 Å². The van der Waals surface area contributed by atoms with Crippen molar-refractivity contribution >= 4 is 10.8 Å². The van der Waals surface area contributed by atoms with Crippen LogP contribution in [-0.2, 0) is 27.7 Å². The molecular formula is C16H19FN2O3S. The van der Waals surface area contributed by atoms with Crippen molar-refractivity contribution in [3.63, 3.8) is 0 Å². The lowest BCUT2D eigenvalue weighted by atomic mass is 10.0. The molecule has 1 saturated heterocycles. The molecule has 0 aliphatic carbocycles. The van der Waals surface area contributed by atoms with E-state index in [-0.39, 0.29) is 11.6 Å². The fraction of sp³-hybridized carbons (Fsp3) is 0.500. The van der Waals surface area contributed by atoms with Crippen LogP contribution in [0.5, 0.6) is 0 Å². The molecule has 0 spiro atoms. The summed E-state index contributed by atoms with van der Waals surface area (Å²) in [6, 6.07) is 6.18. The van der Waals surface area contributed by atoms with Crippen LogP contribution < -0.4 is 0 Å². The largest absolute Gasteiger partial charge is 0.381 e. The van der Waals surface area contributed by atoms with E-state index in [4.69, 9.17) is 9.26 Å². The van der Waals surface area contributed by atoms with Gasteiger partial charge in [0.15, 0.2) is 5.82 Å². The minimum Gasteiger partial charge on any atom is -0.381 e. The number of hydrogen-bond donors (Lipinski definition) is 0. The van der Waals surface area contributed by atoms with E-state index in [1.165, 1.54) is 12.1 Å². The van der Waals surface area contributed by atoms with Crippen molar-refractivity contribution in [1.82, 2.24) is 10.1 Å². The third kappa shape index (κ3) is 4.94. The Balaban J connectivity index is 1.52. The summed E-state index contributed by atoms with van der Waals surface area (Å²) >= 11 is 0. The molecule has 2 heterocycles. The Kier molecular flexibility index (Phi) is 5.51. The molecule has 0 bridgehead atoms. The zero-order valence-electron chi connectivity index (χ0n) is 12.7. The molecule has 1 aliphatic rings. The first-order valence-corrected chi connectivity index (χ1v) is 9.16. The highest BCUT2D eigenvalue weighted by Gasteiger charge is 2.18. The lowest BCUT2D eigenvalue weighted by molar-refractivity contribution is 0.0725. The Morgan fingerprint density at radius 3 is 2.70 bits per heavy atom. The fourth-order valence-electron chi connectivity index (χ4n) is 2.58. The van der Waals surface area contributed by atoms with Gasteiger partial charge in [0.05, 0.1) is 0 Å². The molecule has 1 aliphatic heterocycles. The van der Waals surface area contributed by atoms with Gasteiger partial charge in [-0.05, 0) is 36.5 Å². The third-order valence-electron chi connectivity index (χ3n) is 3.83. The van der Waals surface area contributed by atoms with Gasteiger partial charge in [-0.1, -0.05) is 17.3 Å².